The molecule has 1 aromatic heterocycles. The molecule has 2 heterocycles. The largest absolute Gasteiger partial charge is 0.368 e. The van der Waals surface area contributed by atoms with Crippen molar-refractivity contribution in [2.45, 2.75) is 37.6 Å². The molecule has 5 rings (SSSR count). The van der Waals surface area contributed by atoms with Crippen LogP contribution >= 0.6 is 0 Å². The van der Waals surface area contributed by atoms with Gasteiger partial charge in [-0.2, -0.15) is 0 Å². The number of carbonyl (C=O) groups excluding carboxylic acids is 2. The molecule has 32 heavy (non-hydrogen) atoms. The van der Waals surface area contributed by atoms with E-state index in [0.717, 1.165) is 18.1 Å². The fraction of sp³-hybridized carbons (Fsp3) is 0.333. The van der Waals surface area contributed by atoms with Gasteiger partial charge in [0.25, 0.3) is 0 Å². The number of hydrogen-bond acceptors (Lipinski definition) is 2. The van der Waals surface area contributed by atoms with Crippen LogP contribution in [0.15, 0.2) is 36.4 Å². The fourth-order valence-electron chi connectivity index (χ4n) is 5.12. The number of likely N-dealkylation sites (tertiary alicyclic amines) is 1. The van der Waals surface area contributed by atoms with Crippen molar-refractivity contribution in [1.82, 2.24) is 9.88 Å². The van der Waals surface area contributed by atoms with Crippen LogP contribution < -0.4 is 5.73 Å². The Morgan fingerprint density at radius 1 is 1.03 bits per heavy atom. The Kier molecular flexibility index (Phi) is 4.95. The van der Waals surface area contributed by atoms with Crippen LogP contribution in [0.1, 0.15) is 37.2 Å². The molecule has 3 N–H and O–H groups in total. The van der Waals surface area contributed by atoms with Crippen LogP contribution in [0.25, 0.3) is 22.2 Å². The minimum Gasteiger partial charge on any atom is -0.368 e. The van der Waals surface area contributed by atoms with Gasteiger partial charge in [0.15, 0.2) is 0 Å². The maximum atomic E-state index is 14.5. The van der Waals surface area contributed by atoms with Gasteiger partial charge in [0, 0.05) is 23.9 Å². The molecule has 1 saturated carbocycles. The molecule has 1 saturated heterocycles. The molecule has 5 nitrogen and oxygen atoms in total. The number of nitrogens with zero attached hydrogens (tertiary/aromatic N) is 1. The summed E-state index contributed by atoms with van der Waals surface area (Å²) in [6, 6.07) is 7.34. The van der Waals surface area contributed by atoms with Gasteiger partial charge in [-0.05, 0) is 73.1 Å². The fourth-order valence-corrected chi connectivity index (χ4v) is 5.12. The first kappa shape index (κ1) is 20.6. The minimum absolute atomic E-state index is 0.0944. The Hall–Kier alpha value is -3.29. The van der Waals surface area contributed by atoms with E-state index in [1.807, 2.05) is 0 Å². The van der Waals surface area contributed by atoms with Crippen molar-refractivity contribution in [2.75, 3.05) is 6.54 Å². The molecule has 0 unspecified atom stereocenters. The lowest BCUT2D eigenvalue weighted by atomic mass is 9.69. The average Bonchev–Trinajstić information content (AvgIpc) is 3.33. The quantitative estimate of drug-likeness (QED) is 0.636. The lowest BCUT2D eigenvalue weighted by Gasteiger charge is -2.38. The molecular formula is C24H22F3N3O2. The molecule has 8 heteroatoms. The van der Waals surface area contributed by atoms with Crippen molar-refractivity contribution in [3.05, 3.63) is 59.4 Å². The number of nitrogens with two attached hydrogens (primary N) is 1. The van der Waals surface area contributed by atoms with Crippen molar-refractivity contribution in [2.24, 2.45) is 11.7 Å². The monoisotopic (exact) mass is 441 g/mol. The number of rotatable bonds is 4. The third kappa shape index (κ3) is 3.34. The van der Waals surface area contributed by atoms with Gasteiger partial charge in [0.1, 0.15) is 23.5 Å². The summed E-state index contributed by atoms with van der Waals surface area (Å²) in [6.07, 6.45) is 2.32. The van der Waals surface area contributed by atoms with Crippen LogP contribution in [0.2, 0.25) is 0 Å². The van der Waals surface area contributed by atoms with E-state index in [2.05, 4.69) is 4.98 Å². The molecule has 0 radical (unpaired) electrons. The van der Waals surface area contributed by atoms with Crippen LogP contribution in [0, 0.1) is 23.4 Å². The second-order valence-electron chi connectivity index (χ2n) is 8.69. The first-order chi connectivity index (χ1) is 15.3. The number of fused-ring (bicyclic) bond motifs is 1. The number of aromatic nitrogens is 1. The molecule has 166 valence electrons. The van der Waals surface area contributed by atoms with Gasteiger partial charge in [-0.1, -0.05) is 0 Å². The van der Waals surface area contributed by atoms with Crippen molar-refractivity contribution in [3.63, 3.8) is 0 Å². The van der Waals surface area contributed by atoms with E-state index in [1.165, 1.54) is 18.2 Å². The summed E-state index contributed by atoms with van der Waals surface area (Å²) in [5.41, 5.74) is 7.60. The number of carbonyl (C=O) groups is 2. The number of H-pyrrole nitrogens is 1. The number of amides is 2. The van der Waals surface area contributed by atoms with E-state index in [9.17, 15) is 22.8 Å². The molecule has 3 aromatic rings. The van der Waals surface area contributed by atoms with Crippen LogP contribution in [-0.4, -0.2) is 34.3 Å². The Labute approximate surface area is 182 Å². The predicted octanol–water partition coefficient (Wildman–Crippen LogP) is 4.22. The first-order valence-electron chi connectivity index (χ1n) is 10.7. The number of primary amides is 1. The van der Waals surface area contributed by atoms with Gasteiger partial charge < -0.3 is 15.6 Å². The molecule has 2 aliphatic rings. The number of benzene rings is 2. The zero-order valence-corrected chi connectivity index (χ0v) is 17.2. The van der Waals surface area contributed by atoms with Gasteiger partial charge in [0.2, 0.25) is 11.8 Å². The Bertz CT molecular complexity index is 1220. The second kappa shape index (κ2) is 7.69. The Morgan fingerprint density at radius 2 is 1.75 bits per heavy atom. The predicted molar refractivity (Wildman–Crippen MR) is 113 cm³/mol. The van der Waals surface area contributed by atoms with Crippen LogP contribution in [0.5, 0.6) is 0 Å². The molecule has 2 aromatic carbocycles. The van der Waals surface area contributed by atoms with E-state index >= 15 is 0 Å². The van der Waals surface area contributed by atoms with E-state index in [0.29, 0.717) is 42.5 Å². The summed E-state index contributed by atoms with van der Waals surface area (Å²) < 4.78 is 42.0. The van der Waals surface area contributed by atoms with Crippen LogP contribution in [0.4, 0.5) is 13.2 Å². The van der Waals surface area contributed by atoms with Crippen LogP contribution in [-0.2, 0) is 9.59 Å². The highest BCUT2D eigenvalue weighted by molar-refractivity contribution is 5.93. The zero-order valence-electron chi connectivity index (χ0n) is 17.2. The number of hydrogen-bond donors (Lipinski definition) is 2. The molecule has 1 aliphatic heterocycles. The summed E-state index contributed by atoms with van der Waals surface area (Å²) in [5.74, 6) is -2.75. The average molecular weight is 441 g/mol. The summed E-state index contributed by atoms with van der Waals surface area (Å²) >= 11 is 0. The smallest absolute Gasteiger partial charge is 0.240 e. The second-order valence-corrected chi connectivity index (χ2v) is 8.69. The highest BCUT2D eigenvalue weighted by atomic mass is 19.1. The summed E-state index contributed by atoms with van der Waals surface area (Å²) in [5, 5.41) is 0.425. The molecule has 2 fully saturated rings. The first-order valence-corrected chi connectivity index (χ1v) is 10.7. The van der Waals surface area contributed by atoms with Gasteiger partial charge in [0.05, 0.1) is 11.2 Å². The van der Waals surface area contributed by atoms with E-state index < -0.39 is 29.4 Å². The number of aromatic amines is 1. The van der Waals surface area contributed by atoms with Gasteiger partial charge in [-0.25, -0.2) is 13.2 Å². The van der Waals surface area contributed by atoms with Gasteiger partial charge in [-0.15, -0.1) is 0 Å². The molecule has 2 amide bonds. The highest BCUT2D eigenvalue weighted by Crippen LogP contribution is 2.49. The van der Waals surface area contributed by atoms with Crippen molar-refractivity contribution >= 4 is 22.7 Å². The SMILES string of the molecule is NC(=O)[C@@H]1CCCN1C(=O)[C@H]1C[C@H](c2c(-c3ccc(F)cc3)[nH]c3c(F)cc(F)cc32)C1. The number of nitrogens with one attached hydrogen (secondary N) is 1. The molecule has 1 aliphatic carbocycles. The third-order valence-corrected chi connectivity index (χ3v) is 6.76. The van der Waals surface area contributed by atoms with Gasteiger partial charge >= 0.3 is 0 Å². The summed E-state index contributed by atoms with van der Waals surface area (Å²) in [6.45, 7) is 0.512. The molecular weight excluding hydrogens is 419 g/mol. The summed E-state index contributed by atoms with van der Waals surface area (Å²) in [7, 11) is 0. The van der Waals surface area contributed by atoms with Crippen molar-refractivity contribution < 1.29 is 22.8 Å². The molecule has 1 atom stereocenters. The lowest BCUT2D eigenvalue weighted by molar-refractivity contribution is -0.143. The van der Waals surface area contributed by atoms with Gasteiger partial charge in [-0.3, -0.25) is 9.59 Å². The van der Waals surface area contributed by atoms with E-state index in [4.69, 9.17) is 5.73 Å². The zero-order chi connectivity index (χ0) is 22.6. The Balaban J connectivity index is 1.48. The normalized spacial score (nSPS) is 22.8. The third-order valence-electron chi connectivity index (χ3n) is 6.76. The van der Waals surface area contributed by atoms with E-state index in [1.54, 1.807) is 17.0 Å². The Morgan fingerprint density at radius 3 is 2.44 bits per heavy atom. The topological polar surface area (TPSA) is 79.2 Å². The standard InChI is InChI=1S/C24H22F3N3O2/c25-15-5-3-12(4-6-15)21-20(17-10-16(26)11-18(27)22(17)29-21)13-8-14(9-13)24(32)30-7-1-2-19(30)23(28)31/h3-6,10-11,13-14,19,29H,1-2,7-9H2,(H2,28,31)/t13-,14-,19-/m0/s1. The van der Waals surface area contributed by atoms with E-state index in [-0.39, 0.29) is 23.3 Å². The van der Waals surface area contributed by atoms with Crippen LogP contribution in [0.3, 0.4) is 0 Å². The molecule has 0 bridgehead atoms. The van der Waals surface area contributed by atoms with Crippen molar-refractivity contribution in [3.8, 4) is 11.3 Å². The highest BCUT2D eigenvalue weighted by Gasteiger charge is 2.43. The maximum Gasteiger partial charge on any atom is 0.240 e. The van der Waals surface area contributed by atoms with Crippen molar-refractivity contribution in [1.29, 1.82) is 0 Å². The minimum atomic E-state index is -0.706. The maximum absolute atomic E-state index is 14.5. The summed E-state index contributed by atoms with van der Waals surface area (Å²) in [4.78, 5) is 29.2. The lowest BCUT2D eigenvalue weighted by Crippen LogP contribution is -2.48. The molecule has 0 spiro atoms. The number of halogens is 3.